The summed E-state index contributed by atoms with van der Waals surface area (Å²) < 4.78 is 28.1. The fourth-order valence-corrected chi connectivity index (χ4v) is 4.94. The summed E-state index contributed by atoms with van der Waals surface area (Å²) in [7, 11) is -1.97. The summed E-state index contributed by atoms with van der Waals surface area (Å²) in [6.07, 6.45) is 3.34. The van der Waals surface area contributed by atoms with Crippen molar-refractivity contribution in [3.8, 4) is 0 Å². The Morgan fingerprint density at radius 1 is 1.28 bits per heavy atom. The molecule has 6 nitrogen and oxygen atoms in total. The van der Waals surface area contributed by atoms with Gasteiger partial charge in [0.1, 0.15) is 4.90 Å². The molecule has 1 aromatic carbocycles. The van der Waals surface area contributed by atoms with Crippen LogP contribution in [0.4, 0.5) is 0 Å². The van der Waals surface area contributed by atoms with E-state index >= 15 is 0 Å². The van der Waals surface area contributed by atoms with Gasteiger partial charge in [0, 0.05) is 18.7 Å². The van der Waals surface area contributed by atoms with Gasteiger partial charge in [0.2, 0.25) is 5.91 Å². The van der Waals surface area contributed by atoms with Gasteiger partial charge in [-0.25, -0.2) is 0 Å². The highest BCUT2D eigenvalue weighted by atomic mass is 32.2. The third-order valence-electron chi connectivity index (χ3n) is 5.41. The van der Waals surface area contributed by atoms with Gasteiger partial charge in [0.15, 0.2) is 5.84 Å². The predicted molar refractivity (Wildman–Crippen MR) is 96.9 cm³/mol. The molecule has 1 aliphatic carbocycles. The molecule has 1 aliphatic heterocycles. The van der Waals surface area contributed by atoms with E-state index < -0.39 is 10.0 Å². The van der Waals surface area contributed by atoms with Crippen LogP contribution in [0.5, 0.6) is 0 Å². The number of benzene rings is 1. The highest BCUT2D eigenvalue weighted by molar-refractivity contribution is 7.90. The lowest BCUT2D eigenvalue weighted by Crippen LogP contribution is -2.47. The van der Waals surface area contributed by atoms with E-state index in [0.29, 0.717) is 23.2 Å². The van der Waals surface area contributed by atoms with Gasteiger partial charge >= 0.3 is 0 Å². The highest BCUT2D eigenvalue weighted by Gasteiger charge is 2.32. The molecule has 2 aliphatic rings. The first-order valence-corrected chi connectivity index (χ1v) is 10.2. The van der Waals surface area contributed by atoms with E-state index in [1.54, 1.807) is 36.2 Å². The van der Waals surface area contributed by atoms with E-state index in [-0.39, 0.29) is 23.4 Å². The third-order valence-corrected chi connectivity index (χ3v) is 6.73. The Balaban J connectivity index is 1.69. The van der Waals surface area contributed by atoms with Crippen LogP contribution in [-0.4, -0.2) is 44.7 Å². The van der Waals surface area contributed by atoms with Crippen molar-refractivity contribution in [3.05, 3.63) is 29.8 Å². The van der Waals surface area contributed by atoms with Crippen LogP contribution in [0.3, 0.4) is 0 Å². The number of rotatable bonds is 3. The minimum Gasteiger partial charge on any atom is -0.352 e. The van der Waals surface area contributed by atoms with Crippen LogP contribution in [-0.2, 0) is 14.8 Å². The Morgan fingerprint density at radius 3 is 2.76 bits per heavy atom. The zero-order chi connectivity index (χ0) is 18.2. The molecule has 3 unspecified atom stereocenters. The first kappa shape index (κ1) is 17.9. The summed E-state index contributed by atoms with van der Waals surface area (Å²) in [6, 6.07) is 6.89. The zero-order valence-electron chi connectivity index (χ0n) is 14.9. The second-order valence-corrected chi connectivity index (χ2v) is 8.76. The van der Waals surface area contributed by atoms with Crippen LogP contribution in [0.2, 0.25) is 0 Å². The topological polar surface area (TPSA) is 78.8 Å². The first-order valence-electron chi connectivity index (χ1n) is 8.74. The summed E-state index contributed by atoms with van der Waals surface area (Å²) in [5, 5.41) is 3.11. The molecule has 25 heavy (non-hydrogen) atoms. The van der Waals surface area contributed by atoms with Crippen LogP contribution in [0.1, 0.15) is 38.7 Å². The Bertz CT molecular complexity index is 804. The predicted octanol–water partition coefficient (Wildman–Crippen LogP) is 2.01. The molecule has 1 heterocycles. The van der Waals surface area contributed by atoms with E-state index in [1.807, 2.05) is 0 Å². The van der Waals surface area contributed by atoms with Crippen molar-refractivity contribution in [1.82, 2.24) is 10.2 Å². The average molecular weight is 363 g/mol. The first-order chi connectivity index (χ1) is 11.8. The fourth-order valence-electron chi connectivity index (χ4n) is 3.69. The summed E-state index contributed by atoms with van der Waals surface area (Å²) in [4.78, 5) is 14.3. The molecule has 1 saturated carbocycles. The third kappa shape index (κ3) is 3.56. The van der Waals surface area contributed by atoms with Crippen LogP contribution in [0.15, 0.2) is 33.6 Å². The van der Waals surface area contributed by atoms with Gasteiger partial charge in [-0.2, -0.15) is 8.42 Å². The minimum atomic E-state index is -3.66. The number of fused-ring (bicyclic) bond motifs is 1. The van der Waals surface area contributed by atoms with Crippen LogP contribution >= 0.6 is 0 Å². The summed E-state index contributed by atoms with van der Waals surface area (Å²) in [5.41, 5.74) is 0.553. The minimum absolute atomic E-state index is 0.0836. The van der Waals surface area contributed by atoms with E-state index in [1.165, 1.54) is 6.42 Å². The summed E-state index contributed by atoms with van der Waals surface area (Å²) in [6.45, 7) is 4.49. The Hall–Kier alpha value is -1.89. The largest absolute Gasteiger partial charge is 0.352 e. The van der Waals surface area contributed by atoms with Crippen molar-refractivity contribution in [1.29, 1.82) is 0 Å². The lowest BCUT2D eigenvalue weighted by Gasteiger charge is -2.35. The molecule has 3 atom stereocenters. The number of likely N-dealkylation sites (N-methyl/N-ethyl adjacent to an activating group) is 1. The fraction of sp³-hybridized carbons (Fsp3) is 0.556. The number of nitrogens with one attached hydrogen (secondary N) is 1. The van der Waals surface area contributed by atoms with E-state index in [2.05, 4.69) is 23.6 Å². The monoisotopic (exact) mass is 363 g/mol. The average Bonchev–Trinajstić information content (AvgIpc) is 2.84. The Kier molecular flexibility index (Phi) is 4.86. The number of nitrogens with zero attached hydrogens (tertiary/aromatic N) is 2. The molecule has 0 aromatic heterocycles. The smallest absolute Gasteiger partial charge is 0.285 e. The van der Waals surface area contributed by atoms with Crippen LogP contribution in [0, 0.1) is 11.8 Å². The van der Waals surface area contributed by atoms with Crippen LogP contribution in [0.25, 0.3) is 0 Å². The SMILES string of the molecule is CC1CCCC(NC(=O)CN(C)C2=NS(=O)(=O)c3ccccc32)C1C. The highest BCUT2D eigenvalue weighted by Crippen LogP contribution is 2.30. The number of amidine groups is 1. The molecule has 0 bridgehead atoms. The molecule has 136 valence electrons. The second-order valence-electron chi connectivity index (χ2n) is 7.18. The molecule has 1 aromatic rings. The zero-order valence-corrected chi connectivity index (χ0v) is 15.7. The molecule has 1 fully saturated rings. The molecule has 0 radical (unpaired) electrons. The molecule has 0 spiro atoms. The normalized spacial score (nSPS) is 27.3. The van der Waals surface area contributed by atoms with Gasteiger partial charge in [0.25, 0.3) is 10.0 Å². The molecule has 1 amide bonds. The van der Waals surface area contributed by atoms with Gasteiger partial charge in [-0.3, -0.25) is 4.79 Å². The molecule has 1 N–H and O–H groups in total. The summed E-state index contributed by atoms with van der Waals surface area (Å²) in [5.74, 6) is 1.29. The van der Waals surface area contributed by atoms with Crippen LogP contribution < -0.4 is 5.32 Å². The molecule has 7 heteroatoms. The van der Waals surface area contributed by atoms with Crippen molar-refractivity contribution >= 4 is 21.8 Å². The molecule has 0 saturated heterocycles. The van der Waals surface area contributed by atoms with Gasteiger partial charge in [0.05, 0.1) is 6.54 Å². The Labute approximate surface area is 149 Å². The number of hydrogen-bond donors (Lipinski definition) is 1. The molecule has 3 rings (SSSR count). The number of sulfonamides is 1. The van der Waals surface area contributed by atoms with Gasteiger partial charge in [-0.05, 0) is 30.4 Å². The number of carbonyl (C=O) groups is 1. The quantitative estimate of drug-likeness (QED) is 0.891. The standard InChI is InChI=1S/C18H25N3O3S/c1-12-7-6-9-15(13(12)2)19-17(22)11-21(3)18-14-8-4-5-10-16(14)25(23,24)20-18/h4-5,8,10,12-13,15H,6-7,9,11H2,1-3H3,(H,19,22). The van der Waals surface area contributed by atoms with E-state index in [0.717, 1.165) is 12.8 Å². The van der Waals surface area contributed by atoms with Gasteiger partial charge < -0.3 is 10.2 Å². The second kappa shape index (κ2) is 6.78. The lowest BCUT2D eigenvalue weighted by atomic mass is 9.78. The maximum Gasteiger partial charge on any atom is 0.285 e. The Morgan fingerprint density at radius 2 is 2.00 bits per heavy atom. The maximum absolute atomic E-state index is 12.4. The number of amides is 1. The van der Waals surface area contributed by atoms with Crippen molar-refractivity contribution in [2.45, 2.75) is 44.0 Å². The van der Waals surface area contributed by atoms with Gasteiger partial charge in [-0.1, -0.05) is 38.8 Å². The van der Waals surface area contributed by atoms with Crippen molar-refractivity contribution in [2.24, 2.45) is 16.2 Å². The van der Waals surface area contributed by atoms with Crippen molar-refractivity contribution in [2.75, 3.05) is 13.6 Å². The van der Waals surface area contributed by atoms with Gasteiger partial charge in [-0.15, -0.1) is 4.40 Å². The summed E-state index contributed by atoms with van der Waals surface area (Å²) >= 11 is 0. The van der Waals surface area contributed by atoms with E-state index in [4.69, 9.17) is 0 Å². The number of hydrogen-bond acceptors (Lipinski definition) is 4. The lowest BCUT2D eigenvalue weighted by molar-refractivity contribution is -0.122. The van der Waals surface area contributed by atoms with Crippen molar-refractivity contribution < 1.29 is 13.2 Å². The maximum atomic E-state index is 12.4. The van der Waals surface area contributed by atoms with E-state index in [9.17, 15) is 13.2 Å². The number of carbonyl (C=O) groups excluding carboxylic acids is 1. The molecular formula is C18H25N3O3S. The van der Waals surface area contributed by atoms with Crippen molar-refractivity contribution in [3.63, 3.8) is 0 Å². The molecular weight excluding hydrogens is 338 g/mol.